The Hall–Kier alpha value is -3.38. The van der Waals surface area contributed by atoms with Gasteiger partial charge in [-0.2, -0.15) is 0 Å². The summed E-state index contributed by atoms with van der Waals surface area (Å²) in [5.41, 5.74) is 1.03. The van der Waals surface area contributed by atoms with Crippen LogP contribution in [0.5, 0.6) is 11.5 Å². The van der Waals surface area contributed by atoms with E-state index in [1.165, 1.54) is 31.3 Å². The van der Waals surface area contributed by atoms with E-state index in [1.54, 1.807) is 31.2 Å². The van der Waals surface area contributed by atoms with Gasteiger partial charge in [-0.05, 0) is 49.3 Å². The van der Waals surface area contributed by atoms with E-state index in [4.69, 9.17) is 27.9 Å². The van der Waals surface area contributed by atoms with Crippen LogP contribution in [0, 0.1) is 17.8 Å². The summed E-state index contributed by atoms with van der Waals surface area (Å²) in [4.78, 5) is 52.9. The first kappa shape index (κ1) is 28.7. The number of allylic oxidation sites excluding steroid dienone is 2. The topological polar surface area (TPSA) is 145 Å². The fraction of sp³-hybridized carbons (Fsp3) is 0.379. The summed E-state index contributed by atoms with van der Waals surface area (Å²) in [6.45, 7) is 2.00. The molecule has 0 bridgehead atoms. The van der Waals surface area contributed by atoms with E-state index in [1.807, 2.05) is 0 Å². The third kappa shape index (κ3) is 3.66. The zero-order valence-corrected chi connectivity index (χ0v) is 24.2. The average molecular weight is 613 g/mol. The molecular weight excluding hydrogens is 586 g/mol. The Balaban J connectivity index is 1.51. The van der Waals surface area contributed by atoms with Gasteiger partial charge in [-0.1, -0.05) is 35.9 Å². The normalized spacial score (nSPS) is 32.0. The summed E-state index contributed by atoms with van der Waals surface area (Å²) < 4.78 is 5.58. The molecule has 3 N–H and O–H groups in total. The standard InChI is InChI=1S/C29H27BCl2N2O8/c1-3-42-20-9-5-8-18(23(20)35)22-16-10-11-17-21(19(16)13-28(31)26(38)33(2)27(39)29(22,28)32)25(37)34(24(17)36)15-7-4-6-14(12-15)30(40)41/h4-10,12,17,19,21-22,35,40-41H,3,11,13H2,1-2H3/t17-,19+,21-,22+,28+,29-/m0/s1. The summed E-state index contributed by atoms with van der Waals surface area (Å²) >= 11 is 14.3. The maximum absolute atomic E-state index is 14.1. The molecule has 10 nitrogen and oxygen atoms in total. The van der Waals surface area contributed by atoms with Crippen LogP contribution in [0.15, 0.2) is 54.1 Å². The number of benzene rings is 2. The van der Waals surface area contributed by atoms with Gasteiger partial charge in [-0.3, -0.25) is 29.0 Å². The number of rotatable bonds is 5. The van der Waals surface area contributed by atoms with Gasteiger partial charge in [0.1, 0.15) is 0 Å². The van der Waals surface area contributed by atoms with E-state index in [-0.39, 0.29) is 47.7 Å². The van der Waals surface area contributed by atoms with E-state index in [0.717, 1.165) is 9.80 Å². The molecule has 2 heterocycles. The second-order valence-electron chi connectivity index (χ2n) is 11.1. The average Bonchev–Trinajstić information content (AvgIpc) is 3.29. The van der Waals surface area contributed by atoms with Crippen LogP contribution in [0.2, 0.25) is 0 Å². The first-order chi connectivity index (χ1) is 19.9. The molecule has 6 rings (SSSR count). The number of hydrogen-bond acceptors (Lipinski definition) is 8. The fourth-order valence-electron chi connectivity index (χ4n) is 7.21. The molecule has 2 aliphatic heterocycles. The van der Waals surface area contributed by atoms with Crippen molar-refractivity contribution in [2.24, 2.45) is 17.8 Å². The lowest BCUT2D eigenvalue weighted by Gasteiger charge is -2.50. The van der Waals surface area contributed by atoms with Crippen molar-refractivity contribution in [3.8, 4) is 11.5 Å². The third-order valence-electron chi connectivity index (χ3n) is 9.08. The number of aromatic hydroxyl groups is 1. The smallest absolute Gasteiger partial charge is 0.488 e. The second kappa shape index (κ2) is 9.84. The van der Waals surface area contributed by atoms with Gasteiger partial charge < -0.3 is 19.9 Å². The van der Waals surface area contributed by atoms with Crippen molar-refractivity contribution < 1.29 is 39.1 Å². The van der Waals surface area contributed by atoms with Gasteiger partial charge in [0.25, 0.3) is 11.8 Å². The van der Waals surface area contributed by atoms with Gasteiger partial charge in [0.2, 0.25) is 11.8 Å². The van der Waals surface area contributed by atoms with E-state index >= 15 is 0 Å². The zero-order chi connectivity index (χ0) is 30.3. The molecule has 0 unspecified atom stereocenters. The maximum Gasteiger partial charge on any atom is 0.488 e. The Morgan fingerprint density at radius 2 is 1.74 bits per heavy atom. The second-order valence-corrected chi connectivity index (χ2v) is 12.3. The van der Waals surface area contributed by atoms with Crippen LogP contribution >= 0.6 is 23.2 Å². The monoisotopic (exact) mass is 612 g/mol. The first-order valence-corrected chi connectivity index (χ1v) is 14.3. The highest BCUT2D eigenvalue weighted by molar-refractivity contribution is 6.58. The highest BCUT2D eigenvalue weighted by Crippen LogP contribution is 2.66. The number of para-hydroxylation sites is 1. The Morgan fingerprint density at radius 3 is 2.43 bits per heavy atom. The van der Waals surface area contributed by atoms with Crippen LogP contribution in [0.4, 0.5) is 5.69 Å². The number of carbonyl (C=O) groups is 4. The number of ether oxygens (including phenoxy) is 1. The molecule has 42 heavy (non-hydrogen) atoms. The van der Waals surface area contributed by atoms with E-state index in [9.17, 15) is 34.3 Å². The van der Waals surface area contributed by atoms with Crippen molar-refractivity contribution in [3.63, 3.8) is 0 Å². The van der Waals surface area contributed by atoms with Crippen molar-refractivity contribution in [2.75, 3.05) is 18.6 Å². The summed E-state index contributed by atoms with van der Waals surface area (Å²) in [6.07, 6.45) is 1.72. The molecular formula is C29H27BCl2N2O8. The minimum Gasteiger partial charge on any atom is -0.504 e. The predicted octanol–water partition coefficient (Wildman–Crippen LogP) is 1.66. The number of fused-ring (bicyclic) bond motifs is 4. The number of phenolic OH excluding ortho intramolecular Hbond substituents is 1. The Morgan fingerprint density at radius 1 is 1.02 bits per heavy atom. The fourth-order valence-corrected chi connectivity index (χ4v) is 8.22. The summed E-state index contributed by atoms with van der Waals surface area (Å²) in [7, 11) is -0.511. The van der Waals surface area contributed by atoms with Gasteiger partial charge in [0.15, 0.2) is 21.2 Å². The molecule has 0 aromatic heterocycles. The summed E-state index contributed by atoms with van der Waals surface area (Å²) in [5.74, 6) is -6.20. The highest BCUT2D eigenvalue weighted by Gasteiger charge is 2.76. The van der Waals surface area contributed by atoms with Gasteiger partial charge in [0.05, 0.1) is 24.1 Å². The lowest BCUT2D eigenvalue weighted by Crippen LogP contribution is -2.60. The van der Waals surface area contributed by atoms with Gasteiger partial charge in [0, 0.05) is 18.5 Å². The van der Waals surface area contributed by atoms with Gasteiger partial charge >= 0.3 is 7.12 Å². The minimum absolute atomic E-state index is 0.105. The van der Waals surface area contributed by atoms with Crippen molar-refractivity contribution in [3.05, 3.63) is 59.7 Å². The lowest BCUT2D eigenvalue weighted by atomic mass is 9.56. The first-order valence-electron chi connectivity index (χ1n) is 13.6. The molecule has 2 saturated heterocycles. The minimum atomic E-state index is -2.03. The van der Waals surface area contributed by atoms with E-state index in [0.29, 0.717) is 5.57 Å². The van der Waals surface area contributed by atoms with Crippen molar-refractivity contribution in [2.45, 2.75) is 35.4 Å². The third-order valence-corrected chi connectivity index (χ3v) is 10.5. The molecule has 13 heteroatoms. The molecule has 0 spiro atoms. The Bertz CT molecular complexity index is 1580. The largest absolute Gasteiger partial charge is 0.504 e. The van der Waals surface area contributed by atoms with Crippen molar-refractivity contribution in [1.82, 2.24) is 4.90 Å². The zero-order valence-electron chi connectivity index (χ0n) is 22.7. The quantitative estimate of drug-likeness (QED) is 0.200. The van der Waals surface area contributed by atoms with Crippen LogP contribution in [-0.4, -0.2) is 74.2 Å². The van der Waals surface area contributed by atoms with Crippen LogP contribution in [-0.2, 0) is 19.2 Å². The summed E-state index contributed by atoms with van der Waals surface area (Å²) in [6, 6.07) is 10.6. The highest BCUT2D eigenvalue weighted by atomic mass is 35.5. The molecule has 3 fully saturated rings. The number of phenols is 1. The number of carbonyl (C=O) groups excluding carboxylic acids is 4. The number of likely N-dealkylation sites (tertiary alicyclic amines) is 1. The Labute approximate surface area is 251 Å². The van der Waals surface area contributed by atoms with Crippen molar-refractivity contribution >= 4 is 65.1 Å². The lowest BCUT2D eigenvalue weighted by molar-refractivity contribution is -0.138. The van der Waals surface area contributed by atoms with Crippen LogP contribution < -0.4 is 15.1 Å². The molecule has 4 aliphatic rings. The van der Waals surface area contributed by atoms with Gasteiger partial charge in [-0.15, -0.1) is 23.2 Å². The number of anilines is 1. The molecule has 6 atom stereocenters. The van der Waals surface area contributed by atoms with Gasteiger partial charge in [-0.25, -0.2) is 0 Å². The number of amides is 4. The molecule has 2 aromatic rings. The van der Waals surface area contributed by atoms with Crippen molar-refractivity contribution in [1.29, 1.82) is 0 Å². The number of alkyl halides is 2. The molecule has 0 radical (unpaired) electrons. The molecule has 218 valence electrons. The number of imide groups is 2. The maximum atomic E-state index is 14.1. The van der Waals surface area contributed by atoms with Crippen LogP contribution in [0.3, 0.4) is 0 Å². The predicted molar refractivity (Wildman–Crippen MR) is 154 cm³/mol. The van der Waals surface area contributed by atoms with E-state index in [2.05, 4.69) is 0 Å². The molecule has 4 amide bonds. The molecule has 2 aliphatic carbocycles. The van der Waals surface area contributed by atoms with Crippen LogP contribution in [0.25, 0.3) is 0 Å². The van der Waals surface area contributed by atoms with E-state index < -0.39 is 64.2 Å². The number of halogens is 2. The number of hydrogen-bond donors (Lipinski definition) is 3. The number of nitrogens with zero attached hydrogens (tertiary/aromatic N) is 2. The SMILES string of the molecule is CCOc1cccc([C@H]2C3=CC[C@@H]4C(=O)N(c5cccc(B(O)O)c5)C(=O)[C@@H]4[C@@H]3C[C@@]3(Cl)C(=O)N(C)C(=O)[C@@]23Cl)c1O. The van der Waals surface area contributed by atoms with Crippen LogP contribution in [0.1, 0.15) is 31.2 Å². The molecule has 1 saturated carbocycles. The summed E-state index contributed by atoms with van der Waals surface area (Å²) in [5, 5.41) is 30.6. The Kier molecular flexibility index (Phi) is 6.73. The molecule has 2 aromatic carbocycles.